The number of nitrogens with two attached hydrogens (primary N) is 1. The number of pyridine rings is 1. The molecule has 0 saturated heterocycles. The molecular formula is C11H10BrClN2S. The molecule has 2 heterocycles. The Labute approximate surface area is 112 Å². The van der Waals surface area contributed by atoms with E-state index in [9.17, 15) is 0 Å². The summed E-state index contributed by atoms with van der Waals surface area (Å²) in [5, 5.41) is 0. The first-order chi connectivity index (χ1) is 7.65. The monoisotopic (exact) mass is 316 g/mol. The van der Waals surface area contributed by atoms with Gasteiger partial charge in [-0.3, -0.25) is 4.98 Å². The molecule has 0 bridgehead atoms. The second-order valence-electron chi connectivity index (χ2n) is 3.46. The fourth-order valence-corrected chi connectivity index (χ4v) is 2.92. The molecule has 0 spiro atoms. The van der Waals surface area contributed by atoms with Gasteiger partial charge in [-0.15, -0.1) is 11.3 Å². The van der Waals surface area contributed by atoms with Crippen LogP contribution in [0.5, 0.6) is 0 Å². The largest absolute Gasteiger partial charge is 0.323 e. The molecule has 0 aliphatic heterocycles. The summed E-state index contributed by atoms with van der Waals surface area (Å²) in [5.41, 5.74) is 7.22. The Morgan fingerprint density at radius 1 is 1.44 bits per heavy atom. The van der Waals surface area contributed by atoms with Gasteiger partial charge in [0, 0.05) is 27.8 Å². The van der Waals surface area contributed by atoms with Gasteiger partial charge in [-0.05, 0) is 46.1 Å². The third-order valence-corrected chi connectivity index (χ3v) is 3.97. The molecule has 2 aromatic heterocycles. The van der Waals surface area contributed by atoms with Crippen LogP contribution in [0.15, 0.2) is 35.1 Å². The van der Waals surface area contributed by atoms with E-state index in [1.54, 1.807) is 6.20 Å². The Morgan fingerprint density at radius 3 is 2.88 bits per heavy atom. The van der Waals surface area contributed by atoms with Gasteiger partial charge in [0.15, 0.2) is 0 Å². The lowest BCUT2D eigenvalue weighted by molar-refractivity contribution is 0.733. The fourth-order valence-electron chi connectivity index (χ4n) is 1.45. The van der Waals surface area contributed by atoms with Crippen molar-refractivity contribution >= 4 is 38.9 Å². The van der Waals surface area contributed by atoms with Gasteiger partial charge in [0.1, 0.15) is 0 Å². The van der Waals surface area contributed by atoms with Crippen molar-refractivity contribution in [3.63, 3.8) is 0 Å². The Kier molecular flexibility index (Phi) is 3.97. The molecule has 0 aliphatic carbocycles. The van der Waals surface area contributed by atoms with Gasteiger partial charge >= 0.3 is 0 Å². The number of halogens is 2. The highest BCUT2D eigenvalue weighted by molar-refractivity contribution is 9.10. The summed E-state index contributed by atoms with van der Waals surface area (Å²) < 4.78 is 1.75. The van der Waals surface area contributed by atoms with Crippen molar-refractivity contribution in [1.29, 1.82) is 0 Å². The highest BCUT2D eigenvalue weighted by Gasteiger charge is 2.10. The maximum atomic E-state index is 6.10. The normalized spacial score (nSPS) is 12.7. The Hall–Kier alpha value is -0.420. The van der Waals surface area contributed by atoms with Gasteiger partial charge in [0.05, 0.1) is 4.34 Å². The van der Waals surface area contributed by atoms with Crippen LogP contribution in [0, 0.1) is 0 Å². The van der Waals surface area contributed by atoms with Crippen LogP contribution in [0.3, 0.4) is 0 Å². The minimum atomic E-state index is -0.0198. The van der Waals surface area contributed by atoms with Crippen molar-refractivity contribution in [2.24, 2.45) is 5.73 Å². The number of nitrogens with zero attached hydrogens (tertiary/aromatic N) is 1. The number of hydrogen-bond donors (Lipinski definition) is 1. The Morgan fingerprint density at radius 2 is 2.25 bits per heavy atom. The fraction of sp³-hybridized carbons (Fsp3) is 0.182. The van der Waals surface area contributed by atoms with Crippen LogP contribution in [-0.2, 0) is 6.42 Å². The first kappa shape index (κ1) is 12.0. The first-order valence-electron chi connectivity index (χ1n) is 4.75. The number of rotatable bonds is 3. The maximum Gasteiger partial charge on any atom is 0.0931 e. The molecule has 1 atom stereocenters. The van der Waals surface area contributed by atoms with E-state index in [2.05, 4.69) is 20.9 Å². The molecule has 0 aliphatic rings. The van der Waals surface area contributed by atoms with Crippen LogP contribution in [0.4, 0.5) is 0 Å². The molecule has 2 aromatic rings. The molecule has 0 amide bonds. The smallest absolute Gasteiger partial charge is 0.0931 e. The van der Waals surface area contributed by atoms with Gasteiger partial charge < -0.3 is 5.73 Å². The molecule has 16 heavy (non-hydrogen) atoms. The van der Waals surface area contributed by atoms with Gasteiger partial charge in [0.25, 0.3) is 0 Å². The van der Waals surface area contributed by atoms with E-state index in [-0.39, 0.29) is 6.04 Å². The summed E-state index contributed by atoms with van der Waals surface area (Å²) in [6.07, 6.45) is 4.36. The molecular weight excluding hydrogens is 308 g/mol. The van der Waals surface area contributed by atoms with Crippen molar-refractivity contribution in [2.45, 2.75) is 12.5 Å². The standard InChI is InChI=1S/C11H10BrClN2S/c12-8-3-7(5-15-6-8)4-9(14)10-1-2-11(13)16-10/h1-3,5-6,9H,4,14H2. The van der Waals surface area contributed by atoms with Crippen LogP contribution < -0.4 is 5.73 Å². The minimum Gasteiger partial charge on any atom is -0.323 e. The lowest BCUT2D eigenvalue weighted by atomic mass is 10.1. The predicted molar refractivity (Wildman–Crippen MR) is 71.9 cm³/mol. The van der Waals surface area contributed by atoms with Crippen molar-refractivity contribution in [2.75, 3.05) is 0 Å². The average molecular weight is 318 g/mol. The highest BCUT2D eigenvalue weighted by Crippen LogP contribution is 2.27. The molecule has 0 aromatic carbocycles. The Balaban J connectivity index is 2.10. The van der Waals surface area contributed by atoms with Gasteiger partial charge in [-0.25, -0.2) is 0 Å². The zero-order valence-corrected chi connectivity index (χ0v) is 11.5. The Bertz CT molecular complexity index is 486. The molecule has 0 radical (unpaired) electrons. The number of aromatic nitrogens is 1. The van der Waals surface area contributed by atoms with Gasteiger partial charge in [0.2, 0.25) is 0 Å². The summed E-state index contributed by atoms with van der Waals surface area (Å²) in [4.78, 5) is 5.21. The van der Waals surface area contributed by atoms with E-state index in [1.165, 1.54) is 11.3 Å². The number of thiophene rings is 1. The lowest BCUT2D eigenvalue weighted by Crippen LogP contribution is -2.11. The number of hydrogen-bond acceptors (Lipinski definition) is 3. The zero-order chi connectivity index (χ0) is 11.5. The molecule has 84 valence electrons. The van der Waals surface area contributed by atoms with Crippen molar-refractivity contribution in [1.82, 2.24) is 4.98 Å². The second-order valence-corrected chi connectivity index (χ2v) is 6.13. The summed E-state index contributed by atoms with van der Waals surface area (Å²) in [6.45, 7) is 0. The predicted octanol–water partition coefficient (Wildman–Crippen LogP) is 3.80. The van der Waals surface area contributed by atoms with E-state index in [4.69, 9.17) is 17.3 Å². The van der Waals surface area contributed by atoms with Crippen molar-refractivity contribution in [3.8, 4) is 0 Å². The molecule has 0 saturated carbocycles. The average Bonchev–Trinajstić information content (AvgIpc) is 2.65. The van der Waals surface area contributed by atoms with Crippen LogP contribution >= 0.6 is 38.9 Å². The minimum absolute atomic E-state index is 0.0198. The first-order valence-corrected chi connectivity index (χ1v) is 6.74. The third kappa shape index (κ3) is 3.04. The van der Waals surface area contributed by atoms with Crippen LogP contribution in [0.1, 0.15) is 16.5 Å². The summed E-state index contributed by atoms with van der Waals surface area (Å²) in [7, 11) is 0. The molecule has 1 unspecified atom stereocenters. The third-order valence-electron chi connectivity index (χ3n) is 2.18. The molecule has 0 fully saturated rings. The van der Waals surface area contributed by atoms with Gasteiger partial charge in [-0.2, -0.15) is 0 Å². The molecule has 2 rings (SSSR count). The van der Waals surface area contributed by atoms with Crippen LogP contribution in [-0.4, -0.2) is 4.98 Å². The van der Waals surface area contributed by atoms with E-state index in [1.807, 2.05) is 24.4 Å². The molecule has 2 N–H and O–H groups in total. The van der Waals surface area contributed by atoms with E-state index in [0.717, 1.165) is 25.7 Å². The summed E-state index contributed by atoms with van der Waals surface area (Å²) in [5.74, 6) is 0. The van der Waals surface area contributed by atoms with Crippen LogP contribution in [0.25, 0.3) is 0 Å². The zero-order valence-electron chi connectivity index (χ0n) is 8.36. The molecule has 5 heteroatoms. The molecule has 2 nitrogen and oxygen atoms in total. The SMILES string of the molecule is NC(Cc1cncc(Br)c1)c1ccc(Cl)s1. The van der Waals surface area contributed by atoms with E-state index < -0.39 is 0 Å². The summed E-state index contributed by atoms with van der Waals surface area (Å²) >= 11 is 10.8. The highest BCUT2D eigenvalue weighted by atomic mass is 79.9. The van der Waals surface area contributed by atoms with E-state index >= 15 is 0 Å². The van der Waals surface area contributed by atoms with Gasteiger partial charge in [-0.1, -0.05) is 11.6 Å². The van der Waals surface area contributed by atoms with Crippen molar-refractivity contribution in [3.05, 3.63) is 49.8 Å². The second kappa shape index (κ2) is 5.27. The topological polar surface area (TPSA) is 38.9 Å². The van der Waals surface area contributed by atoms with Crippen molar-refractivity contribution < 1.29 is 0 Å². The lowest BCUT2D eigenvalue weighted by Gasteiger charge is -2.09. The quantitative estimate of drug-likeness (QED) is 0.935. The van der Waals surface area contributed by atoms with Crippen LogP contribution in [0.2, 0.25) is 4.34 Å². The van der Waals surface area contributed by atoms with E-state index in [0.29, 0.717) is 0 Å². The maximum absolute atomic E-state index is 6.10. The summed E-state index contributed by atoms with van der Waals surface area (Å²) in [6, 6.07) is 5.86.